The molecule has 0 N–H and O–H groups in total. The third-order valence-corrected chi connectivity index (χ3v) is 5.41. The van der Waals surface area contributed by atoms with E-state index in [1.54, 1.807) is 0 Å². The number of halogens is 2. The Morgan fingerprint density at radius 1 is 0.692 bits per heavy atom. The van der Waals surface area contributed by atoms with Crippen molar-refractivity contribution in [3.63, 3.8) is 0 Å². The number of hydrogen-bond acceptors (Lipinski definition) is 6. The lowest BCUT2D eigenvalue weighted by atomic mass is 10.1. The Balaban J connectivity index is 3.59. The van der Waals surface area contributed by atoms with Crippen molar-refractivity contribution in [1.29, 1.82) is 0 Å². The second-order valence-corrected chi connectivity index (χ2v) is 11.3. The first-order valence-electron chi connectivity index (χ1n) is 8.37. The molecule has 0 spiro atoms. The van der Waals surface area contributed by atoms with E-state index in [2.05, 4.69) is 40.2 Å². The van der Waals surface area contributed by atoms with E-state index in [0.29, 0.717) is 0 Å². The van der Waals surface area contributed by atoms with E-state index in [0.717, 1.165) is 72.8 Å². The van der Waals surface area contributed by atoms with Gasteiger partial charge in [0.15, 0.2) is 0 Å². The molecule has 10 heteroatoms. The zero-order valence-corrected chi connectivity index (χ0v) is 20.1. The highest BCUT2D eigenvalue weighted by Crippen LogP contribution is 2.14. The number of allylic oxidation sites excluding steroid dienone is 2. The molecule has 0 radical (unpaired) electrons. The molecule has 0 heterocycles. The molecule has 0 aromatic heterocycles. The largest absolute Gasteiger partial charge is 0.265 e. The molecule has 0 amide bonds. The van der Waals surface area contributed by atoms with Gasteiger partial charge in [0.25, 0.3) is 20.2 Å². The average Bonchev–Trinajstić information content (AvgIpc) is 2.51. The lowest BCUT2D eigenvalue weighted by Crippen LogP contribution is -2.03. The van der Waals surface area contributed by atoms with Gasteiger partial charge < -0.3 is 0 Å². The molecule has 0 saturated carbocycles. The van der Waals surface area contributed by atoms with Gasteiger partial charge in [0.1, 0.15) is 0 Å². The van der Waals surface area contributed by atoms with E-state index in [9.17, 15) is 16.8 Å². The Labute approximate surface area is 174 Å². The minimum Gasteiger partial charge on any atom is -0.265 e. The Morgan fingerprint density at radius 2 is 1.00 bits per heavy atom. The summed E-state index contributed by atoms with van der Waals surface area (Å²) in [5, 5.41) is 0. The molecule has 0 aromatic carbocycles. The molecule has 0 bridgehead atoms. The summed E-state index contributed by atoms with van der Waals surface area (Å²) >= 11 is 6.59. The van der Waals surface area contributed by atoms with E-state index >= 15 is 0 Å². The molecule has 0 fully saturated rings. The van der Waals surface area contributed by atoms with Crippen molar-refractivity contribution in [2.45, 2.75) is 51.4 Å². The molecular formula is C16H28Br2O6S2. The molecule has 0 aromatic rings. The SMILES string of the molecule is CS(=O)(=O)OC/C(Br)=C/CCCCCCCC/C=C(/Br)COS(C)(=O)=O. The minimum absolute atomic E-state index is 0.0527. The molecular weight excluding hydrogens is 512 g/mol. The van der Waals surface area contributed by atoms with Crippen molar-refractivity contribution in [3.8, 4) is 0 Å². The predicted octanol–water partition coefficient (Wildman–Crippen LogP) is 4.62. The smallest absolute Gasteiger partial charge is 0.264 e. The molecule has 0 aliphatic rings. The second-order valence-electron chi connectivity index (χ2n) is 5.93. The van der Waals surface area contributed by atoms with Crippen molar-refractivity contribution >= 4 is 52.1 Å². The van der Waals surface area contributed by atoms with Gasteiger partial charge in [0.2, 0.25) is 0 Å². The van der Waals surface area contributed by atoms with Crippen LogP contribution in [0.4, 0.5) is 0 Å². The average molecular weight is 540 g/mol. The Bertz CT molecular complexity index is 596. The van der Waals surface area contributed by atoms with E-state index in [4.69, 9.17) is 0 Å². The van der Waals surface area contributed by atoms with Crippen molar-refractivity contribution in [1.82, 2.24) is 0 Å². The van der Waals surface area contributed by atoms with E-state index in [1.165, 1.54) is 0 Å². The van der Waals surface area contributed by atoms with E-state index < -0.39 is 20.2 Å². The van der Waals surface area contributed by atoms with Gasteiger partial charge in [0.05, 0.1) is 25.7 Å². The first-order valence-corrected chi connectivity index (χ1v) is 13.6. The normalized spacial score (nSPS) is 14.0. The fraction of sp³-hybridized carbons (Fsp3) is 0.750. The number of unbranched alkanes of at least 4 members (excludes halogenated alkanes) is 7. The Kier molecular flexibility index (Phi) is 14.4. The van der Waals surface area contributed by atoms with Crippen LogP contribution in [-0.4, -0.2) is 42.6 Å². The topological polar surface area (TPSA) is 86.7 Å². The summed E-state index contributed by atoms with van der Waals surface area (Å²) in [5.41, 5.74) is 0. The molecule has 154 valence electrons. The van der Waals surface area contributed by atoms with Crippen LogP contribution >= 0.6 is 31.9 Å². The molecule has 0 aliphatic heterocycles. The van der Waals surface area contributed by atoms with Gasteiger partial charge in [-0.15, -0.1) is 0 Å². The van der Waals surface area contributed by atoms with Crippen LogP contribution in [0.1, 0.15) is 51.4 Å². The lowest BCUT2D eigenvalue weighted by molar-refractivity contribution is 0.358. The van der Waals surface area contributed by atoms with Gasteiger partial charge in [-0.05, 0) is 25.7 Å². The highest BCUT2D eigenvalue weighted by molar-refractivity contribution is 9.12. The van der Waals surface area contributed by atoms with E-state index in [-0.39, 0.29) is 13.2 Å². The van der Waals surface area contributed by atoms with Crippen molar-refractivity contribution in [2.75, 3.05) is 25.7 Å². The standard InChI is InChI=1S/C16H28Br2O6S2/c1-25(19,20)23-13-15(17)11-9-7-5-3-4-6-8-10-12-16(18)14-24-26(2,21)22/h11-12H,3-10,13-14H2,1-2H3/b15-11-,16-12+. The van der Waals surface area contributed by atoms with Gasteiger partial charge in [-0.1, -0.05) is 69.7 Å². The number of hydrogen-bond donors (Lipinski definition) is 0. The fourth-order valence-corrected chi connectivity index (χ4v) is 3.63. The molecule has 0 aliphatic carbocycles. The maximum Gasteiger partial charge on any atom is 0.264 e. The van der Waals surface area contributed by atoms with Gasteiger partial charge >= 0.3 is 0 Å². The highest BCUT2D eigenvalue weighted by atomic mass is 79.9. The van der Waals surface area contributed by atoms with Crippen molar-refractivity contribution < 1.29 is 25.2 Å². The molecule has 0 rings (SSSR count). The van der Waals surface area contributed by atoms with E-state index in [1.807, 2.05) is 12.2 Å². The first-order chi connectivity index (χ1) is 12.0. The second kappa shape index (κ2) is 14.3. The zero-order valence-electron chi connectivity index (χ0n) is 15.2. The summed E-state index contributed by atoms with van der Waals surface area (Å²) in [6, 6.07) is 0. The van der Waals surface area contributed by atoms with Crippen LogP contribution in [0, 0.1) is 0 Å². The van der Waals surface area contributed by atoms with Crippen molar-refractivity contribution in [2.24, 2.45) is 0 Å². The number of rotatable bonds is 15. The quantitative estimate of drug-likeness (QED) is 0.223. The predicted molar refractivity (Wildman–Crippen MR) is 113 cm³/mol. The van der Waals surface area contributed by atoms with Gasteiger partial charge in [-0.2, -0.15) is 16.8 Å². The zero-order chi connectivity index (χ0) is 20.1. The summed E-state index contributed by atoms with van der Waals surface area (Å²) in [5.74, 6) is 0. The molecule has 26 heavy (non-hydrogen) atoms. The van der Waals surface area contributed by atoms with Crippen LogP contribution in [0.3, 0.4) is 0 Å². The summed E-state index contributed by atoms with van der Waals surface area (Å²) in [6.45, 7) is 0.105. The molecule has 0 atom stereocenters. The summed E-state index contributed by atoms with van der Waals surface area (Å²) in [4.78, 5) is 0. The Morgan fingerprint density at radius 3 is 1.31 bits per heavy atom. The maximum absolute atomic E-state index is 10.9. The first kappa shape index (κ1) is 26.3. The van der Waals surface area contributed by atoms with Crippen LogP contribution in [0.2, 0.25) is 0 Å². The Hall–Kier alpha value is 0.260. The minimum atomic E-state index is -3.40. The third-order valence-electron chi connectivity index (χ3n) is 3.21. The molecule has 6 nitrogen and oxygen atoms in total. The van der Waals surface area contributed by atoms with Crippen LogP contribution in [0.25, 0.3) is 0 Å². The lowest BCUT2D eigenvalue weighted by Gasteiger charge is -2.02. The highest BCUT2D eigenvalue weighted by Gasteiger charge is 2.03. The third kappa shape index (κ3) is 20.6. The van der Waals surface area contributed by atoms with Gasteiger partial charge in [0, 0.05) is 8.96 Å². The van der Waals surface area contributed by atoms with Crippen LogP contribution in [-0.2, 0) is 28.6 Å². The summed E-state index contributed by atoms with van der Waals surface area (Å²) < 4.78 is 54.3. The maximum atomic E-state index is 10.9. The van der Waals surface area contributed by atoms with Crippen LogP contribution in [0.15, 0.2) is 21.1 Å². The van der Waals surface area contributed by atoms with Crippen LogP contribution < -0.4 is 0 Å². The summed E-state index contributed by atoms with van der Waals surface area (Å²) in [6.07, 6.45) is 14.4. The molecule has 0 unspecified atom stereocenters. The van der Waals surface area contributed by atoms with Gasteiger partial charge in [-0.3, -0.25) is 8.37 Å². The summed E-state index contributed by atoms with van der Waals surface area (Å²) in [7, 11) is -6.79. The van der Waals surface area contributed by atoms with Gasteiger partial charge in [-0.25, -0.2) is 0 Å². The fourth-order valence-electron chi connectivity index (χ4n) is 1.96. The monoisotopic (exact) mass is 538 g/mol. The van der Waals surface area contributed by atoms with Crippen LogP contribution in [0.5, 0.6) is 0 Å². The van der Waals surface area contributed by atoms with Crippen molar-refractivity contribution in [3.05, 3.63) is 21.1 Å². The molecule has 0 saturated heterocycles.